The lowest BCUT2D eigenvalue weighted by atomic mass is 9.52. The fourth-order valence-corrected chi connectivity index (χ4v) is 8.17. The quantitative estimate of drug-likeness (QED) is 0.307. The lowest BCUT2D eigenvalue weighted by Crippen LogP contribution is -2.45. The van der Waals surface area contributed by atoms with Crippen LogP contribution in [0.4, 0.5) is 0 Å². The molecule has 1 aliphatic heterocycles. The fourth-order valence-electron chi connectivity index (χ4n) is 8.17. The second-order valence-electron chi connectivity index (χ2n) is 12.9. The first-order valence-electron chi connectivity index (χ1n) is 14.1. The van der Waals surface area contributed by atoms with Crippen molar-refractivity contribution in [3.05, 3.63) is 46.6 Å². The van der Waals surface area contributed by atoms with E-state index >= 15 is 0 Å². The van der Waals surface area contributed by atoms with E-state index in [1.165, 1.54) is 18.1 Å². The number of cyclic esters (lactones) is 1. The minimum atomic E-state index is -0.946. The highest BCUT2D eigenvalue weighted by molar-refractivity contribution is 5.85. The smallest absolute Gasteiger partial charge is 0.331 e. The zero-order valence-electron chi connectivity index (χ0n) is 24.1. The van der Waals surface area contributed by atoms with Gasteiger partial charge in [0.25, 0.3) is 0 Å². The lowest BCUT2D eigenvalue weighted by molar-refractivity contribution is -0.154. The molecule has 4 aliphatic rings. The molecular formula is C32H44O6. The molecule has 1 N–H and O–H groups in total. The van der Waals surface area contributed by atoms with Crippen LogP contribution in [0.15, 0.2) is 46.6 Å². The van der Waals surface area contributed by atoms with E-state index in [1.807, 2.05) is 19.9 Å². The van der Waals surface area contributed by atoms with Gasteiger partial charge in [-0.1, -0.05) is 44.6 Å². The van der Waals surface area contributed by atoms with Crippen molar-refractivity contribution in [2.24, 2.45) is 28.6 Å². The van der Waals surface area contributed by atoms with Crippen molar-refractivity contribution < 1.29 is 29.0 Å². The number of carbonyl (C=O) groups excluding carboxylic acids is 2. The Hall–Kier alpha value is -2.63. The number of carboxylic acid groups (broad SMARTS) is 1. The summed E-state index contributed by atoms with van der Waals surface area (Å²) in [6, 6.07) is 0. The molecule has 0 aromatic heterocycles. The van der Waals surface area contributed by atoms with Gasteiger partial charge >= 0.3 is 17.9 Å². The first-order valence-corrected chi connectivity index (χ1v) is 14.1. The van der Waals surface area contributed by atoms with E-state index < -0.39 is 11.6 Å². The molecule has 1 heterocycles. The van der Waals surface area contributed by atoms with E-state index in [4.69, 9.17) is 9.47 Å². The van der Waals surface area contributed by atoms with Gasteiger partial charge in [0.2, 0.25) is 0 Å². The summed E-state index contributed by atoms with van der Waals surface area (Å²) in [7, 11) is 0. The predicted octanol–water partition coefficient (Wildman–Crippen LogP) is 6.72. The summed E-state index contributed by atoms with van der Waals surface area (Å²) in [5.41, 5.74) is 3.93. The minimum Gasteiger partial charge on any atom is -0.478 e. The third-order valence-corrected chi connectivity index (χ3v) is 10.6. The molecule has 1 saturated carbocycles. The Kier molecular flexibility index (Phi) is 7.59. The van der Waals surface area contributed by atoms with Crippen molar-refractivity contribution in [2.45, 2.75) is 105 Å². The van der Waals surface area contributed by atoms with Crippen LogP contribution in [0, 0.1) is 28.6 Å². The molecule has 0 unspecified atom stereocenters. The second kappa shape index (κ2) is 10.2. The molecular weight excluding hydrogens is 480 g/mol. The Morgan fingerprint density at radius 3 is 2.50 bits per heavy atom. The summed E-state index contributed by atoms with van der Waals surface area (Å²) in [5.74, 6) is -0.944. The van der Waals surface area contributed by atoms with Gasteiger partial charge in [-0.05, 0) is 93.1 Å². The van der Waals surface area contributed by atoms with Crippen molar-refractivity contribution in [3.63, 3.8) is 0 Å². The van der Waals surface area contributed by atoms with E-state index in [-0.39, 0.29) is 46.3 Å². The molecule has 0 bridgehead atoms. The third-order valence-electron chi connectivity index (χ3n) is 10.6. The molecule has 0 aromatic rings. The van der Waals surface area contributed by atoms with Crippen molar-refractivity contribution in [2.75, 3.05) is 0 Å². The van der Waals surface area contributed by atoms with Crippen LogP contribution < -0.4 is 0 Å². The highest BCUT2D eigenvalue weighted by Gasteiger charge is 2.59. The molecule has 0 aromatic carbocycles. The van der Waals surface area contributed by atoms with Crippen LogP contribution in [-0.4, -0.2) is 34.7 Å². The zero-order valence-corrected chi connectivity index (χ0v) is 24.1. The lowest BCUT2D eigenvalue weighted by Gasteiger charge is -2.52. The van der Waals surface area contributed by atoms with E-state index in [1.54, 1.807) is 24.6 Å². The molecule has 208 valence electrons. The van der Waals surface area contributed by atoms with Crippen LogP contribution >= 0.6 is 0 Å². The number of aliphatic carboxylic acids is 1. The number of carboxylic acids is 1. The molecule has 0 spiro atoms. The first-order chi connectivity index (χ1) is 17.7. The molecule has 6 heteroatoms. The van der Waals surface area contributed by atoms with Gasteiger partial charge < -0.3 is 14.6 Å². The Morgan fingerprint density at radius 1 is 1.13 bits per heavy atom. The average Bonchev–Trinajstić information content (AvgIpc) is 2.93. The van der Waals surface area contributed by atoms with E-state index in [9.17, 15) is 19.5 Å². The summed E-state index contributed by atoms with van der Waals surface area (Å²) in [6.07, 6.45) is 13.7. The van der Waals surface area contributed by atoms with Gasteiger partial charge in [-0.3, -0.25) is 4.79 Å². The van der Waals surface area contributed by atoms with Gasteiger partial charge in [0, 0.05) is 30.9 Å². The minimum absolute atomic E-state index is 0.0260. The summed E-state index contributed by atoms with van der Waals surface area (Å²) < 4.78 is 11.6. The maximum Gasteiger partial charge on any atom is 0.331 e. The first kappa shape index (κ1) is 28.4. The maximum absolute atomic E-state index is 12.2. The number of hydrogen-bond acceptors (Lipinski definition) is 5. The normalized spacial score (nSPS) is 34.0. The molecule has 3 aliphatic carbocycles. The Bertz CT molecular complexity index is 1140. The maximum atomic E-state index is 12.2. The number of hydrogen-bond donors (Lipinski definition) is 1. The van der Waals surface area contributed by atoms with Gasteiger partial charge in [-0.25, -0.2) is 9.59 Å². The molecule has 6 nitrogen and oxygen atoms in total. The standard InChI is InChI=1S/C32H44O6/c1-19(29(35)36)8-12-27(37-21(3)33)20(2)24-15-17-32(7)26-11-10-25-22(9-13-28(34)38-30(25,4)5)18-23(26)14-16-31(24,32)6/h8-9,13,18,20,24-25,27H,10-12,14-17H2,1-7H3,(H,35,36)/b19-8-/t20-,24+,25+,27-,31+,32-/m0/s1. The van der Waals surface area contributed by atoms with Crippen LogP contribution in [0.1, 0.15) is 93.4 Å². The largest absolute Gasteiger partial charge is 0.478 e. The van der Waals surface area contributed by atoms with Crippen molar-refractivity contribution in [1.82, 2.24) is 0 Å². The van der Waals surface area contributed by atoms with Crippen LogP contribution in [0.5, 0.6) is 0 Å². The highest BCUT2D eigenvalue weighted by Crippen LogP contribution is 2.68. The Balaban J connectivity index is 1.65. The number of esters is 2. The number of ether oxygens (including phenoxy) is 2. The van der Waals surface area contributed by atoms with Crippen molar-refractivity contribution in [1.29, 1.82) is 0 Å². The monoisotopic (exact) mass is 524 g/mol. The van der Waals surface area contributed by atoms with Crippen molar-refractivity contribution in [3.8, 4) is 0 Å². The molecule has 0 radical (unpaired) electrons. The number of fused-ring (bicyclic) bond motifs is 3. The fraction of sp³-hybridized carbons (Fsp3) is 0.656. The number of allylic oxidation sites excluding steroid dienone is 4. The summed E-state index contributed by atoms with van der Waals surface area (Å²) in [6.45, 7) is 14.1. The predicted molar refractivity (Wildman–Crippen MR) is 146 cm³/mol. The van der Waals surface area contributed by atoms with Crippen LogP contribution in [0.2, 0.25) is 0 Å². The SMILES string of the molecule is CC(=O)O[C@@H](C/C=C(/C)C(=O)O)[C@@H](C)[C@H]1CC[C@@]2(C)C3=C(C=C4C=CC(=O)OC(C)(C)[C@@H]4CC3)CC[C@]12C. The Morgan fingerprint density at radius 2 is 1.84 bits per heavy atom. The number of rotatable bonds is 6. The van der Waals surface area contributed by atoms with Crippen LogP contribution in [0.3, 0.4) is 0 Å². The summed E-state index contributed by atoms with van der Waals surface area (Å²) >= 11 is 0. The number of carbonyl (C=O) groups is 3. The van der Waals surface area contributed by atoms with E-state index in [2.05, 4.69) is 26.8 Å². The van der Waals surface area contributed by atoms with Gasteiger partial charge in [0.15, 0.2) is 0 Å². The Labute approximate surface area is 227 Å². The van der Waals surface area contributed by atoms with Crippen LogP contribution in [0.25, 0.3) is 0 Å². The molecule has 0 saturated heterocycles. The second-order valence-corrected chi connectivity index (χ2v) is 12.9. The zero-order chi connectivity index (χ0) is 28.0. The van der Waals surface area contributed by atoms with E-state index in [0.717, 1.165) is 38.5 Å². The van der Waals surface area contributed by atoms with Crippen molar-refractivity contribution >= 4 is 17.9 Å². The van der Waals surface area contributed by atoms with E-state index in [0.29, 0.717) is 12.3 Å². The molecule has 38 heavy (non-hydrogen) atoms. The molecule has 6 atom stereocenters. The molecule has 1 fully saturated rings. The highest BCUT2D eigenvalue weighted by atomic mass is 16.6. The average molecular weight is 525 g/mol. The van der Waals surface area contributed by atoms with Gasteiger partial charge in [-0.2, -0.15) is 0 Å². The van der Waals surface area contributed by atoms with Gasteiger partial charge in [0.05, 0.1) is 0 Å². The van der Waals surface area contributed by atoms with Crippen LogP contribution in [-0.2, 0) is 23.9 Å². The van der Waals surface area contributed by atoms with Gasteiger partial charge in [-0.15, -0.1) is 0 Å². The molecule has 0 amide bonds. The van der Waals surface area contributed by atoms with Gasteiger partial charge in [0.1, 0.15) is 11.7 Å². The molecule has 4 rings (SSSR count). The summed E-state index contributed by atoms with van der Waals surface area (Å²) in [5, 5.41) is 9.31. The summed E-state index contributed by atoms with van der Waals surface area (Å²) in [4.78, 5) is 35.6. The third kappa shape index (κ3) is 4.91. The topological polar surface area (TPSA) is 89.9 Å².